The lowest BCUT2D eigenvalue weighted by molar-refractivity contribution is 0.536. The first-order valence-electron chi connectivity index (χ1n) is 7.06. The Morgan fingerprint density at radius 3 is 2.70 bits per heavy atom. The molecule has 1 N–H and O–H groups in total. The molecule has 1 fully saturated rings. The fourth-order valence-corrected chi connectivity index (χ4v) is 2.54. The zero-order valence-electron chi connectivity index (χ0n) is 11.5. The molecule has 20 heavy (non-hydrogen) atoms. The van der Waals surface area contributed by atoms with E-state index in [1.807, 2.05) is 36.4 Å². The average molecular weight is 288 g/mol. The number of anilines is 1. The number of aromatic nitrogens is 2. The Balaban J connectivity index is 1.76. The molecule has 1 aromatic carbocycles. The molecule has 0 saturated heterocycles. The number of halogens is 1. The molecule has 0 amide bonds. The molecular formula is C16H18ClN3. The van der Waals surface area contributed by atoms with E-state index in [0.29, 0.717) is 5.92 Å². The smallest absolute Gasteiger partial charge is 0.224 e. The summed E-state index contributed by atoms with van der Waals surface area (Å²) in [6.45, 7) is 3.22. The quantitative estimate of drug-likeness (QED) is 0.835. The number of nitrogens with one attached hydrogen (secondary N) is 1. The van der Waals surface area contributed by atoms with Gasteiger partial charge in [-0.25, -0.2) is 9.97 Å². The summed E-state index contributed by atoms with van der Waals surface area (Å²) in [5.74, 6) is 2.37. The van der Waals surface area contributed by atoms with Gasteiger partial charge in [0, 0.05) is 18.2 Å². The number of hydrogen-bond acceptors (Lipinski definition) is 3. The summed E-state index contributed by atoms with van der Waals surface area (Å²) in [5.41, 5.74) is 1.90. The van der Waals surface area contributed by atoms with Gasteiger partial charge in [0.1, 0.15) is 5.82 Å². The van der Waals surface area contributed by atoms with Gasteiger partial charge in [0.15, 0.2) is 0 Å². The average Bonchev–Trinajstić information content (AvgIpc) is 3.30. The highest BCUT2D eigenvalue weighted by molar-refractivity contribution is 6.28. The molecule has 3 nitrogen and oxygen atoms in total. The zero-order chi connectivity index (χ0) is 13.9. The van der Waals surface area contributed by atoms with Crippen molar-refractivity contribution in [3.05, 3.63) is 41.7 Å². The van der Waals surface area contributed by atoms with Crippen molar-refractivity contribution in [1.82, 2.24) is 9.97 Å². The van der Waals surface area contributed by atoms with Crippen molar-refractivity contribution in [2.45, 2.75) is 19.8 Å². The van der Waals surface area contributed by atoms with Crippen LogP contribution in [0.2, 0.25) is 5.28 Å². The van der Waals surface area contributed by atoms with Crippen molar-refractivity contribution in [3.8, 4) is 11.3 Å². The van der Waals surface area contributed by atoms with E-state index in [9.17, 15) is 0 Å². The number of nitrogens with zero attached hydrogens (tertiary/aromatic N) is 2. The Morgan fingerprint density at radius 1 is 1.25 bits per heavy atom. The van der Waals surface area contributed by atoms with Gasteiger partial charge in [0.25, 0.3) is 0 Å². The van der Waals surface area contributed by atoms with E-state index in [1.165, 1.54) is 12.8 Å². The minimum atomic E-state index is 0.285. The molecular weight excluding hydrogens is 270 g/mol. The highest BCUT2D eigenvalue weighted by atomic mass is 35.5. The Hall–Kier alpha value is -1.61. The highest BCUT2D eigenvalue weighted by Gasteiger charge is 2.27. The monoisotopic (exact) mass is 287 g/mol. The molecule has 1 aromatic heterocycles. The summed E-state index contributed by atoms with van der Waals surface area (Å²) in [6, 6.07) is 12.0. The molecule has 0 aliphatic heterocycles. The zero-order valence-corrected chi connectivity index (χ0v) is 12.3. The van der Waals surface area contributed by atoms with Crippen LogP contribution in [0, 0.1) is 11.8 Å². The number of benzene rings is 1. The highest BCUT2D eigenvalue weighted by Crippen LogP contribution is 2.36. The van der Waals surface area contributed by atoms with Gasteiger partial charge in [0.2, 0.25) is 5.28 Å². The van der Waals surface area contributed by atoms with Crippen molar-refractivity contribution in [2.75, 3.05) is 11.9 Å². The van der Waals surface area contributed by atoms with Crippen LogP contribution in [0.5, 0.6) is 0 Å². The SMILES string of the molecule is CC(CNc1cc(-c2ccccc2)nc(Cl)n1)C1CC1. The second kappa shape index (κ2) is 5.80. The topological polar surface area (TPSA) is 37.8 Å². The molecule has 1 heterocycles. The Bertz CT molecular complexity index is 582. The van der Waals surface area contributed by atoms with Crippen LogP contribution in [0.25, 0.3) is 11.3 Å². The number of rotatable bonds is 5. The lowest BCUT2D eigenvalue weighted by Crippen LogP contribution is -2.14. The predicted molar refractivity (Wildman–Crippen MR) is 82.9 cm³/mol. The Kier molecular flexibility index (Phi) is 3.88. The van der Waals surface area contributed by atoms with Crippen molar-refractivity contribution in [3.63, 3.8) is 0 Å². The van der Waals surface area contributed by atoms with E-state index in [1.54, 1.807) is 0 Å². The summed E-state index contributed by atoms with van der Waals surface area (Å²) in [7, 11) is 0. The first-order valence-corrected chi connectivity index (χ1v) is 7.44. The van der Waals surface area contributed by atoms with E-state index in [4.69, 9.17) is 11.6 Å². The third-order valence-corrected chi connectivity index (χ3v) is 3.97. The lowest BCUT2D eigenvalue weighted by atomic mass is 10.1. The third-order valence-electron chi connectivity index (χ3n) is 3.80. The van der Waals surface area contributed by atoms with Crippen molar-refractivity contribution >= 4 is 17.4 Å². The molecule has 0 radical (unpaired) electrons. The molecule has 1 aliphatic rings. The van der Waals surface area contributed by atoms with Crippen LogP contribution < -0.4 is 5.32 Å². The molecule has 3 rings (SSSR count). The number of hydrogen-bond donors (Lipinski definition) is 1. The molecule has 4 heteroatoms. The van der Waals surface area contributed by atoms with Gasteiger partial charge in [-0.05, 0) is 36.3 Å². The van der Waals surface area contributed by atoms with Gasteiger partial charge in [-0.2, -0.15) is 0 Å². The second-order valence-corrected chi connectivity index (χ2v) is 5.81. The van der Waals surface area contributed by atoms with E-state index in [2.05, 4.69) is 22.2 Å². The fourth-order valence-electron chi connectivity index (χ4n) is 2.36. The molecule has 1 atom stereocenters. The first kappa shape index (κ1) is 13.4. The summed E-state index contributed by atoms with van der Waals surface area (Å²) in [6.07, 6.45) is 2.73. The molecule has 104 valence electrons. The summed E-state index contributed by atoms with van der Waals surface area (Å²) < 4.78 is 0. The van der Waals surface area contributed by atoms with Crippen LogP contribution in [-0.2, 0) is 0 Å². The van der Waals surface area contributed by atoms with Gasteiger partial charge in [-0.15, -0.1) is 0 Å². The van der Waals surface area contributed by atoms with Crippen molar-refractivity contribution in [2.24, 2.45) is 11.8 Å². The van der Waals surface area contributed by atoms with Crippen LogP contribution in [0.3, 0.4) is 0 Å². The van der Waals surface area contributed by atoms with Crippen molar-refractivity contribution < 1.29 is 0 Å². The summed E-state index contributed by atoms with van der Waals surface area (Å²) >= 11 is 6.03. The van der Waals surface area contributed by atoms with Crippen LogP contribution in [-0.4, -0.2) is 16.5 Å². The summed E-state index contributed by atoms with van der Waals surface area (Å²) in [4.78, 5) is 8.55. The van der Waals surface area contributed by atoms with E-state index in [-0.39, 0.29) is 5.28 Å². The molecule has 0 bridgehead atoms. The van der Waals surface area contributed by atoms with Crippen molar-refractivity contribution in [1.29, 1.82) is 0 Å². The largest absolute Gasteiger partial charge is 0.370 e. The first-order chi connectivity index (χ1) is 9.72. The molecule has 1 aliphatic carbocycles. The van der Waals surface area contributed by atoms with Crippen LogP contribution in [0.4, 0.5) is 5.82 Å². The van der Waals surface area contributed by atoms with Gasteiger partial charge < -0.3 is 5.32 Å². The van der Waals surface area contributed by atoms with Gasteiger partial charge in [0.05, 0.1) is 5.69 Å². The second-order valence-electron chi connectivity index (χ2n) is 5.47. The normalized spacial score (nSPS) is 15.9. The van der Waals surface area contributed by atoms with Crippen LogP contribution in [0.15, 0.2) is 36.4 Å². The van der Waals surface area contributed by atoms with E-state index >= 15 is 0 Å². The maximum Gasteiger partial charge on any atom is 0.224 e. The summed E-state index contributed by atoms with van der Waals surface area (Å²) in [5, 5.41) is 3.67. The maximum atomic E-state index is 6.03. The van der Waals surface area contributed by atoms with Gasteiger partial charge >= 0.3 is 0 Å². The van der Waals surface area contributed by atoms with Gasteiger partial charge in [-0.3, -0.25) is 0 Å². The predicted octanol–water partition coefficient (Wildman–Crippen LogP) is 4.26. The molecule has 0 spiro atoms. The maximum absolute atomic E-state index is 6.03. The Labute approximate surface area is 124 Å². The molecule has 1 unspecified atom stereocenters. The van der Waals surface area contributed by atoms with Gasteiger partial charge in [-0.1, -0.05) is 37.3 Å². The minimum absolute atomic E-state index is 0.285. The van der Waals surface area contributed by atoms with E-state index < -0.39 is 0 Å². The molecule has 2 aromatic rings. The van der Waals surface area contributed by atoms with Crippen LogP contribution >= 0.6 is 11.6 Å². The minimum Gasteiger partial charge on any atom is -0.370 e. The Morgan fingerprint density at radius 2 is 2.00 bits per heavy atom. The van der Waals surface area contributed by atoms with Crippen LogP contribution in [0.1, 0.15) is 19.8 Å². The molecule has 1 saturated carbocycles. The third kappa shape index (κ3) is 3.28. The lowest BCUT2D eigenvalue weighted by Gasteiger charge is -2.12. The standard InChI is InChI=1S/C16H18ClN3/c1-11(12-7-8-12)10-18-15-9-14(19-16(17)20-15)13-5-3-2-4-6-13/h2-6,9,11-12H,7-8,10H2,1H3,(H,18,19,20). The fraction of sp³-hybridized carbons (Fsp3) is 0.375. The van der Waals surface area contributed by atoms with E-state index in [0.717, 1.165) is 29.5 Å².